The summed E-state index contributed by atoms with van der Waals surface area (Å²) in [6.07, 6.45) is -1.48. The number of hydrogen-bond acceptors (Lipinski definition) is 22. The summed E-state index contributed by atoms with van der Waals surface area (Å²) in [6.45, 7) is 14.5. The molecule has 0 saturated heterocycles. The van der Waals surface area contributed by atoms with E-state index in [2.05, 4.69) is 58.3 Å². The van der Waals surface area contributed by atoms with Crippen LogP contribution in [0.15, 0.2) is 203 Å². The van der Waals surface area contributed by atoms with Crippen molar-refractivity contribution in [2.45, 2.75) is 123 Å². The van der Waals surface area contributed by atoms with Crippen LogP contribution in [0, 0.1) is 35.4 Å². The van der Waals surface area contributed by atoms with E-state index in [4.69, 9.17) is 88.9 Å². The Labute approximate surface area is 660 Å². The minimum absolute atomic E-state index is 0.0104. The molecule has 0 saturated carbocycles. The van der Waals surface area contributed by atoms with Gasteiger partial charge in [0.1, 0.15) is 58.3 Å². The lowest BCUT2D eigenvalue weighted by molar-refractivity contribution is -0.141. The molecule has 1 aromatic heterocycles. The Balaban J connectivity index is 0.000000447. The number of amides is 6. The second-order valence-electron chi connectivity index (χ2n) is 25.2. The molecule has 7 aromatic carbocycles. The molecule has 1 heterocycles. The van der Waals surface area contributed by atoms with Crippen LogP contribution in [-0.4, -0.2) is 126 Å². The maximum atomic E-state index is 12.3. The number of rotatable bonds is 29. The van der Waals surface area contributed by atoms with Gasteiger partial charge in [-0.15, -0.1) is 0 Å². The Morgan fingerprint density at radius 1 is 0.482 bits per heavy atom. The van der Waals surface area contributed by atoms with Crippen molar-refractivity contribution in [1.82, 2.24) is 15.0 Å². The molecule has 0 unspecified atom stereocenters. The Morgan fingerprint density at radius 3 is 1.07 bits per heavy atom. The lowest BCUT2D eigenvalue weighted by Gasteiger charge is -2.22. The average molecular weight is 1670 g/mol. The number of anilines is 2. The second-order valence-corrected chi connectivity index (χ2v) is 27.7. The molecule has 0 aliphatic heterocycles. The Bertz CT molecular complexity index is 3960. The summed E-state index contributed by atoms with van der Waals surface area (Å²) in [5.41, 5.74) is 43.0. The summed E-state index contributed by atoms with van der Waals surface area (Å²) >= 11 is 7.68. The summed E-state index contributed by atoms with van der Waals surface area (Å²) in [4.78, 5) is 78.3. The van der Waals surface area contributed by atoms with Crippen LogP contribution in [0.4, 0.5) is 24.7 Å². The zero-order valence-electron chi connectivity index (χ0n) is 62.0. The zero-order chi connectivity index (χ0) is 82.0. The third-order valence-corrected chi connectivity index (χ3v) is 15.3. The Hall–Kier alpha value is -10.8. The van der Waals surface area contributed by atoms with E-state index in [9.17, 15) is 38.0 Å². The van der Waals surface area contributed by atoms with Crippen LogP contribution < -0.4 is 56.1 Å². The van der Waals surface area contributed by atoms with Crippen molar-refractivity contribution in [3.05, 3.63) is 254 Å². The maximum absolute atomic E-state index is 12.3. The largest absolute Gasteiger partial charge is 0.480 e. The first-order chi connectivity index (χ1) is 52.1. The van der Waals surface area contributed by atoms with Gasteiger partial charge in [-0.3, -0.25) is 19.2 Å². The highest BCUT2D eigenvalue weighted by Crippen LogP contribution is 2.22. The number of nitriles is 2. The number of aryl methyl sites for hydroxylation is 1. The third-order valence-electron chi connectivity index (χ3n) is 13.2. The van der Waals surface area contributed by atoms with Gasteiger partial charge in [0.2, 0.25) is 23.6 Å². The first-order valence-corrected chi connectivity index (χ1v) is 35.9. The fourth-order valence-electron chi connectivity index (χ4n) is 7.85. The highest BCUT2D eigenvalue weighted by Gasteiger charge is 2.26. The lowest BCUT2D eigenvalue weighted by Crippen LogP contribution is -2.48. The van der Waals surface area contributed by atoms with Gasteiger partial charge in [-0.05, 0) is 162 Å². The van der Waals surface area contributed by atoms with Crippen LogP contribution in [0.5, 0.6) is 0 Å². The van der Waals surface area contributed by atoms with Gasteiger partial charge in [0.25, 0.3) is 0 Å². The first-order valence-electron chi connectivity index (χ1n) is 33.6. The topological polar surface area (TPSA) is 483 Å². The number of ether oxygens (including phenoxy) is 7. The van der Waals surface area contributed by atoms with Crippen LogP contribution in [0.25, 0.3) is 0 Å². The van der Waals surface area contributed by atoms with Crippen molar-refractivity contribution in [2.24, 2.45) is 34.4 Å². The lowest BCUT2D eigenvalue weighted by atomic mass is 10.2. The maximum Gasteiger partial charge on any atom is 0.408 e. The number of carboxylic acids is 1. The van der Waals surface area contributed by atoms with Gasteiger partial charge >= 0.3 is 18.2 Å². The van der Waals surface area contributed by atoms with Crippen LogP contribution >= 0.6 is 43.4 Å². The number of aliphatic carboxylic acids is 1. The van der Waals surface area contributed by atoms with E-state index in [-0.39, 0.29) is 45.5 Å². The summed E-state index contributed by atoms with van der Waals surface area (Å²) in [7, 11) is 0. The molecule has 18 N–H and O–H groups in total. The molecular weight excluding hydrogens is 1570 g/mol. The van der Waals surface area contributed by atoms with E-state index in [0.717, 1.165) is 38.5 Å². The predicted molar refractivity (Wildman–Crippen MR) is 424 cm³/mol. The highest BCUT2D eigenvalue weighted by molar-refractivity contribution is 9.10. The molecular formula is C78H96Br2FN13O15S. The van der Waals surface area contributed by atoms with Gasteiger partial charge in [-0.1, -0.05) is 152 Å². The van der Waals surface area contributed by atoms with Gasteiger partial charge in [-0.2, -0.15) is 14.9 Å². The third kappa shape index (κ3) is 45.8. The van der Waals surface area contributed by atoms with Crippen molar-refractivity contribution in [3.8, 4) is 12.1 Å². The highest BCUT2D eigenvalue weighted by atomic mass is 79.9. The molecule has 8 aromatic rings. The van der Waals surface area contributed by atoms with Crippen molar-refractivity contribution in [1.29, 1.82) is 10.5 Å². The minimum atomic E-state index is -1.17. The number of alkyl carbamates (subject to hydrolysis) is 2. The molecule has 8 rings (SSSR count). The number of carboxylic acid groups (broad SMARTS) is 1. The number of benzene rings is 7. The van der Waals surface area contributed by atoms with E-state index in [0.29, 0.717) is 52.2 Å². The number of hydrogen-bond donors (Lipinski definition) is 11. The number of carbonyl (C=O) groups is 7. The standard InChI is InChI=1S/C17H16BrN3O2.C15H22N2O4.C15H21NO5.2C10H14N2O2.C7H3BrFN.C4H6N2S/c18-15-8-14(7-6-13(15)9-19)21-16(17(20)22)11-23-10-12-4-2-1-3-5-12;1-15(2,3)21-14(19)17-12(13(16)18)10-20-9-11-7-5-4-6-8-11;1-15(2,3)21-14(19)16-12(13(17)18)10-20-9-11-7-5-4-6-8-11;2*11-9(10(12)13)7-14-6-8-4-2-1-3-5-8;8-7-3-6(9)2-1-5(7)4-10;1-3-2-4(5)7-6-3/h1-8,16,21H,10-11H2,(H2,20,22);4-8,12H,9-10H2,1-3H3,(H2,16,18)(H,17,19);4-8,12H,9-10H2,1-3H3,(H,16,19)(H,17,18);2*1-5,9H,6-7,11H2,(H2,12,13);1-3H;2H,5H2,1H3/t16-;2*12-;2*9-;;/m11111../s1. The number of halogens is 3. The van der Waals surface area contributed by atoms with Gasteiger partial charge in [0.05, 0.1) is 82.9 Å². The summed E-state index contributed by atoms with van der Waals surface area (Å²) < 4.78 is 54.2. The molecule has 0 radical (unpaired) electrons. The van der Waals surface area contributed by atoms with Crippen LogP contribution in [0.1, 0.15) is 86.2 Å². The molecule has 0 aliphatic carbocycles. The molecule has 32 heteroatoms. The van der Waals surface area contributed by atoms with Crippen molar-refractivity contribution in [2.75, 3.05) is 44.1 Å². The van der Waals surface area contributed by atoms with Crippen molar-refractivity contribution in [3.63, 3.8) is 0 Å². The average Bonchev–Trinajstić information content (AvgIpc) is 1.06. The Kier molecular flexibility index (Phi) is 46.0. The Morgan fingerprint density at radius 2 is 0.800 bits per heavy atom. The van der Waals surface area contributed by atoms with Crippen LogP contribution in [0.3, 0.4) is 0 Å². The molecule has 0 fully saturated rings. The van der Waals surface area contributed by atoms with E-state index in [1.807, 2.05) is 171 Å². The van der Waals surface area contributed by atoms with E-state index in [1.165, 1.54) is 29.7 Å². The molecule has 28 nitrogen and oxygen atoms in total. The summed E-state index contributed by atoms with van der Waals surface area (Å²) in [5, 5.41) is 34.9. The summed E-state index contributed by atoms with van der Waals surface area (Å²) in [6, 6.07) is 58.5. The van der Waals surface area contributed by atoms with Gasteiger partial charge in [0, 0.05) is 14.6 Å². The first kappa shape index (κ1) is 95.3. The van der Waals surface area contributed by atoms with Crippen LogP contribution in [0.2, 0.25) is 0 Å². The molecule has 590 valence electrons. The quantitative estimate of drug-likeness (QED) is 0.0207. The number of nitrogens with zero attached hydrogens (tertiary/aromatic N) is 3. The number of carbonyl (C=O) groups excluding carboxylic acids is 6. The van der Waals surface area contributed by atoms with Crippen LogP contribution in [-0.2, 0) is 90.2 Å². The number of nitrogens with two attached hydrogens (primary N) is 7. The van der Waals surface area contributed by atoms with Gasteiger partial charge in [-0.25, -0.2) is 18.8 Å². The molecule has 5 atom stereocenters. The monoisotopic (exact) mass is 1660 g/mol. The molecule has 6 amide bonds. The summed E-state index contributed by atoms with van der Waals surface area (Å²) in [5.74, 6) is -3.77. The number of aromatic nitrogens is 1. The molecule has 110 heavy (non-hydrogen) atoms. The predicted octanol–water partition coefficient (Wildman–Crippen LogP) is 10.1. The number of primary amides is 4. The molecule has 0 aliphatic rings. The zero-order valence-corrected chi connectivity index (χ0v) is 66.0. The van der Waals surface area contributed by atoms with Crippen molar-refractivity contribution < 1.29 is 76.2 Å². The smallest absolute Gasteiger partial charge is 0.408 e. The molecule has 0 spiro atoms. The minimum Gasteiger partial charge on any atom is -0.480 e. The second kappa shape index (κ2) is 53.1. The van der Waals surface area contributed by atoms with Gasteiger partial charge in [0.15, 0.2) is 6.04 Å². The SMILES string of the molecule is CC(C)(C)OC(=O)N[C@H](COCc1ccccc1)C(=O)O.CC(C)(C)OC(=O)N[C@H](COCc1ccccc1)C(N)=O.Cc1cc(N)sn1.N#Cc1ccc(F)cc1Br.N#Cc1ccc(N[C@H](COCc2ccccc2)C(N)=O)cc1Br.NC(=O)[C@H](N)COCc1ccccc1.NC(=O)[C@H](N)COCc1ccccc1. The van der Waals surface area contributed by atoms with Crippen molar-refractivity contribution >= 4 is 95.9 Å². The van der Waals surface area contributed by atoms with Gasteiger partial charge < -0.3 is 94.4 Å². The fourth-order valence-corrected chi connectivity index (χ4v) is 9.28. The number of nitrogen functional groups attached to an aromatic ring is 1. The number of nitrogens with one attached hydrogen (secondary N) is 3. The van der Waals surface area contributed by atoms with E-state index < -0.39 is 83.2 Å². The van der Waals surface area contributed by atoms with E-state index >= 15 is 0 Å². The fraction of sp³-hybridized carbons (Fsp3) is 0.308. The normalized spacial score (nSPS) is 11.7. The van der Waals surface area contributed by atoms with E-state index in [1.54, 1.807) is 59.7 Å². The molecule has 0 bridgehead atoms.